The average molecular weight is 214 g/mol. The molecule has 0 aromatic heterocycles. The lowest BCUT2D eigenvalue weighted by Gasteiger charge is -2.08. The van der Waals surface area contributed by atoms with E-state index in [0.717, 1.165) is 0 Å². The van der Waals surface area contributed by atoms with Gasteiger partial charge in [-0.15, -0.1) is 0 Å². The highest BCUT2D eigenvalue weighted by Gasteiger charge is 2.05. The molecule has 0 heterocycles. The smallest absolute Gasteiger partial charge is 0.0324 e. The lowest BCUT2D eigenvalue weighted by atomic mass is 9.95. The van der Waals surface area contributed by atoms with Crippen molar-refractivity contribution in [1.82, 2.24) is 0 Å². The van der Waals surface area contributed by atoms with Crippen LogP contribution < -0.4 is 0 Å². The Balaban J connectivity index is 4.70. The largest absolute Gasteiger partial charge is 0.0919 e. The second-order valence-corrected chi connectivity index (χ2v) is 5.96. The number of allylic oxidation sites excluding steroid dienone is 2. The molecule has 0 saturated carbocycles. The zero-order chi connectivity index (χ0) is 13.0. The monoisotopic (exact) mass is 214 g/mol. The summed E-state index contributed by atoms with van der Waals surface area (Å²) in [6.45, 7) is 20.2. The van der Waals surface area contributed by atoms with Crippen molar-refractivity contribution in [3.63, 3.8) is 0 Å². The second-order valence-electron chi connectivity index (χ2n) is 5.96. The first-order valence-electron chi connectivity index (χ1n) is 5.46. The van der Waals surface area contributed by atoms with Gasteiger partial charge in [0.1, 0.15) is 0 Å². The molecule has 0 aliphatic rings. The van der Waals surface area contributed by atoms with E-state index < -0.39 is 0 Å². The molecule has 0 saturated heterocycles. The van der Waals surface area contributed by atoms with Crippen molar-refractivity contribution in [3.05, 3.63) is 24.3 Å². The van der Waals surface area contributed by atoms with Crippen LogP contribution in [-0.4, -0.2) is 0 Å². The minimum absolute atomic E-state index is 0.0132. The summed E-state index contributed by atoms with van der Waals surface area (Å²) in [6, 6.07) is 0. The summed E-state index contributed by atoms with van der Waals surface area (Å²) in [5.41, 5.74) is 1.40. The van der Waals surface area contributed by atoms with E-state index >= 15 is 0 Å². The van der Waals surface area contributed by atoms with Crippen LogP contribution >= 0.6 is 0 Å². The van der Waals surface area contributed by atoms with Crippen molar-refractivity contribution in [3.8, 4) is 23.7 Å². The topological polar surface area (TPSA) is 0 Å². The molecule has 0 aliphatic carbocycles. The maximum atomic E-state index is 3.88. The number of hydrogen-bond donors (Lipinski definition) is 0. The molecule has 0 nitrogen and oxygen atoms in total. The summed E-state index contributed by atoms with van der Waals surface area (Å²) in [5, 5.41) is 0. The van der Waals surface area contributed by atoms with E-state index in [1.165, 1.54) is 0 Å². The van der Waals surface area contributed by atoms with E-state index in [2.05, 4.69) is 78.4 Å². The second kappa shape index (κ2) is 5.09. The molecule has 0 heteroatoms. The van der Waals surface area contributed by atoms with E-state index in [1.54, 1.807) is 0 Å². The molecule has 0 rings (SSSR count). The maximum Gasteiger partial charge on any atom is 0.0324 e. The van der Waals surface area contributed by atoms with Crippen LogP contribution in [0.1, 0.15) is 41.5 Å². The molecular weight excluding hydrogens is 192 g/mol. The van der Waals surface area contributed by atoms with Crippen molar-refractivity contribution in [2.75, 3.05) is 0 Å². The van der Waals surface area contributed by atoms with Crippen molar-refractivity contribution in [1.29, 1.82) is 0 Å². The van der Waals surface area contributed by atoms with Gasteiger partial charge >= 0.3 is 0 Å². The Hall–Kier alpha value is -1.40. The van der Waals surface area contributed by atoms with Gasteiger partial charge in [0.25, 0.3) is 0 Å². The first-order valence-corrected chi connectivity index (χ1v) is 5.46. The highest BCUT2D eigenvalue weighted by Crippen LogP contribution is 2.13. The third kappa shape index (κ3) is 7.95. The molecule has 0 aliphatic heterocycles. The van der Waals surface area contributed by atoms with Crippen LogP contribution in [0.3, 0.4) is 0 Å². The van der Waals surface area contributed by atoms with E-state index in [-0.39, 0.29) is 10.8 Å². The Morgan fingerprint density at radius 3 is 1.12 bits per heavy atom. The van der Waals surface area contributed by atoms with Crippen molar-refractivity contribution < 1.29 is 0 Å². The van der Waals surface area contributed by atoms with Gasteiger partial charge in [0.15, 0.2) is 0 Å². The van der Waals surface area contributed by atoms with Gasteiger partial charge in [0.2, 0.25) is 0 Å². The summed E-state index contributed by atoms with van der Waals surface area (Å²) in [5.74, 6) is 12.3. The molecule has 0 unspecified atom stereocenters. The molecule has 0 fully saturated rings. The molecule has 0 N–H and O–H groups in total. The van der Waals surface area contributed by atoms with Gasteiger partial charge in [0, 0.05) is 22.0 Å². The molecule has 0 bridgehead atoms. The Morgan fingerprint density at radius 2 is 0.938 bits per heavy atom. The van der Waals surface area contributed by atoms with Crippen molar-refractivity contribution in [2.24, 2.45) is 10.8 Å². The fourth-order valence-corrected chi connectivity index (χ4v) is 0.677. The van der Waals surface area contributed by atoms with Crippen molar-refractivity contribution >= 4 is 0 Å². The van der Waals surface area contributed by atoms with Gasteiger partial charge in [-0.25, -0.2) is 0 Å². The Bertz CT molecular complexity index is 355. The van der Waals surface area contributed by atoms with Gasteiger partial charge in [-0.2, -0.15) is 0 Å². The minimum atomic E-state index is -0.0132. The normalized spacial score (nSPS) is 10.6. The van der Waals surface area contributed by atoms with Gasteiger partial charge < -0.3 is 0 Å². The van der Waals surface area contributed by atoms with E-state index in [0.29, 0.717) is 11.1 Å². The lowest BCUT2D eigenvalue weighted by molar-refractivity contribution is 0.570. The molecule has 0 aromatic rings. The summed E-state index contributed by atoms with van der Waals surface area (Å²) >= 11 is 0. The van der Waals surface area contributed by atoms with Gasteiger partial charge in [-0.3, -0.25) is 0 Å². The fourth-order valence-electron chi connectivity index (χ4n) is 0.677. The Morgan fingerprint density at radius 1 is 0.688 bits per heavy atom. The van der Waals surface area contributed by atoms with Gasteiger partial charge in [-0.05, 0) is 41.5 Å². The first kappa shape index (κ1) is 14.6. The molecule has 0 amide bonds. The molecule has 16 heavy (non-hydrogen) atoms. The standard InChI is InChI=1S/C16H22/c1-13(9-11-15(3,4)5)14(2)10-12-16(6,7)8/h1-2H2,3-8H3. The van der Waals surface area contributed by atoms with Crippen molar-refractivity contribution in [2.45, 2.75) is 41.5 Å². The average Bonchev–Trinajstić information content (AvgIpc) is 2.07. The fraction of sp³-hybridized carbons (Fsp3) is 0.500. The summed E-state index contributed by atoms with van der Waals surface area (Å²) < 4.78 is 0. The predicted octanol–water partition coefficient (Wildman–Crippen LogP) is 4.20. The molecular formula is C16H22. The van der Waals surface area contributed by atoms with E-state index in [9.17, 15) is 0 Å². The molecule has 0 aromatic carbocycles. The quantitative estimate of drug-likeness (QED) is 0.453. The van der Waals surface area contributed by atoms with Crippen LogP contribution in [0.15, 0.2) is 24.3 Å². The minimum Gasteiger partial charge on any atom is -0.0919 e. The van der Waals surface area contributed by atoms with Gasteiger partial charge in [-0.1, -0.05) is 36.8 Å². The highest BCUT2D eigenvalue weighted by atomic mass is 14.1. The zero-order valence-electron chi connectivity index (χ0n) is 11.4. The van der Waals surface area contributed by atoms with Crippen LogP contribution in [-0.2, 0) is 0 Å². The lowest BCUT2D eigenvalue weighted by Crippen LogP contribution is -2.00. The Labute approximate surface area is 101 Å². The maximum absolute atomic E-state index is 3.88. The number of rotatable bonds is 1. The highest BCUT2D eigenvalue weighted by molar-refractivity contribution is 5.52. The van der Waals surface area contributed by atoms with Crippen LogP contribution in [0.5, 0.6) is 0 Å². The zero-order valence-corrected chi connectivity index (χ0v) is 11.4. The van der Waals surface area contributed by atoms with Crippen LogP contribution in [0.4, 0.5) is 0 Å². The predicted molar refractivity (Wildman–Crippen MR) is 72.7 cm³/mol. The molecule has 0 atom stereocenters. The van der Waals surface area contributed by atoms with Crippen LogP contribution in [0.25, 0.3) is 0 Å². The van der Waals surface area contributed by atoms with Crippen LogP contribution in [0, 0.1) is 34.5 Å². The SMILES string of the molecule is C=C(C#CC(C)(C)C)C(=C)C#CC(C)(C)C. The Kier molecular flexibility index (Phi) is 4.64. The third-order valence-corrected chi connectivity index (χ3v) is 1.54. The third-order valence-electron chi connectivity index (χ3n) is 1.54. The number of hydrogen-bond acceptors (Lipinski definition) is 0. The molecule has 0 radical (unpaired) electrons. The van der Waals surface area contributed by atoms with E-state index in [4.69, 9.17) is 0 Å². The summed E-state index contributed by atoms with van der Waals surface area (Å²) in [7, 11) is 0. The summed E-state index contributed by atoms with van der Waals surface area (Å²) in [6.07, 6.45) is 0. The first-order chi connectivity index (χ1) is 7.01. The molecule has 0 spiro atoms. The van der Waals surface area contributed by atoms with E-state index in [1.807, 2.05) is 0 Å². The molecule has 86 valence electrons. The van der Waals surface area contributed by atoms with Crippen LogP contribution in [0.2, 0.25) is 0 Å². The van der Waals surface area contributed by atoms with Gasteiger partial charge in [0.05, 0.1) is 0 Å². The summed E-state index contributed by atoms with van der Waals surface area (Å²) in [4.78, 5) is 0.